The number of benzene rings is 1. The highest BCUT2D eigenvalue weighted by atomic mass is 35.5. The van der Waals surface area contributed by atoms with Gasteiger partial charge in [-0.1, -0.05) is 51.6 Å². The van der Waals surface area contributed by atoms with Crippen LogP contribution in [0.5, 0.6) is 5.75 Å². The van der Waals surface area contributed by atoms with Crippen LogP contribution in [0.25, 0.3) is 0 Å². The number of carbonyl (C=O) groups is 1. The molecule has 0 bridgehead atoms. The molecule has 0 aliphatic rings. The van der Waals surface area contributed by atoms with E-state index in [2.05, 4.69) is 19.2 Å². The van der Waals surface area contributed by atoms with E-state index in [0.717, 1.165) is 13.0 Å². The first-order valence-electron chi connectivity index (χ1n) is 8.30. The fourth-order valence-corrected chi connectivity index (χ4v) is 2.43. The van der Waals surface area contributed by atoms with Gasteiger partial charge in [0.05, 0.1) is 0 Å². The van der Waals surface area contributed by atoms with E-state index < -0.39 is 6.10 Å². The predicted octanol–water partition coefficient (Wildman–Crippen LogP) is 4.83. The molecule has 3 nitrogen and oxygen atoms in total. The minimum Gasteiger partial charge on any atom is -0.481 e. The quantitative estimate of drug-likeness (QED) is 0.669. The number of halogens is 1. The summed E-state index contributed by atoms with van der Waals surface area (Å²) in [5, 5.41) is 3.69. The number of nitrogens with one attached hydrogen (secondary N) is 1. The molecule has 0 unspecified atom stereocenters. The normalized spacial score (nSPS) is 13.5. The minimum absolute atomic E-state index is 0.0348. The van der Waals surface area contributed by atoms with Crippen molar-refractivity contribution in [2.75, 3.05) is 6.54 Å². The highest BCUT2D eigenvalue weighted by Gasteiger charge is 2.19. The van der Waals surface area contributed by atoms with Crippen LogP contribution in [-0.2, 0) is 4.79 Å². The second-order valence-electron chi connectivity index (χ2n) is 5.63. The molecule has 0 aromatic heterocycles. The van der Waals surface area contributed by atoms with Crippen LogP contribution in [0.15, 0.2) is 24.3 Å². The van der Waals surface area contributed by atoms with Gasteiger partial charge >= 0.3 is 0 Å². The van der Waals surface area contributed by atoms with Gasteiger partial charge in [-0.15, -0.1) is 0 Å². The third-order valence-corrected chi connectivity index (χ3v) is 4.12. The molecule has 0 radical (unpaired) electrons. The maximum atomic E-state index is 12.3. The molecule has 22 heavy (non-hydrogen) atoms. The van der Waals surface area contributed by atoms with Crippen LogP contribution in [-0.4, -0.2) is 18.6 Å². The summed E-state index contributed by atoms with van der Waals surface area (Å²) in [5.41, 5.74) is 0. The second-order valence-corrected chi connectivity index (χ2v) is 6.07. The van der Waals surface area contributed by atoms with E-state index in [9.17, 15) is 4.79 Å². The molecule has 4 heteroatoms. The van der Waals surface area contributed by atoms with Crippen molar-refractivity contribution in [3.05, 3.63) is 29.3 Å². The minimum atomic E-state index is -0.454. The maximum absolute atomic E-state index is 12.3. The molecule has 124 valence electrons. The first-order valence-corrected chi connectivity index (χ1v) is 8.68. The Labute approximate surface area is 139 Å². The lowest BCUT2D eigenvalue weighted by Crippen LogP contribution is -2.40. The zero-order chi connectivity index (χ0) is 16.4. The largest absolute Gasteiger partial charge is 0.481 e. The number of ether oxygens (including phenoxy) is 1. The Morgan fingerprint density at radius 2 is 1.86 bits per heavy atom. The molecule has 0 aliphatic carbocycles. The fraction of sp³-hybridized carbons (Fsp3) is 0.611. The molecule has 0 saturated carbocycles. The smallest absolute Gasteiger partial charge is 0.261 e. The van der Waals surface area contributed by atoms with E-state index in [1.54, 1.807) is 24.3 Å². The van der Waals surface area contributed by atoms with Crippen LogP contribution in [0.2, 0.25) is 5.02 Å². The number of hydrogen-bond donors (Lipinski definition) is 1. The van der Waals surface area contributed by atoms with Crippen molar-refractivity contribution in [1.82, 2.24) is 5.32 Å². The van der Waals surface area contributed by atoms with Crippen LogP contribution >= 0.6 is 11.6 Å². The fourth-order valence-electron chi connectivity index (χ4n) is 2.30. The summed E-state index contributed by atoms with van der Waals surface area (Å²) in [6, 6.07) is 7.10. The Kier molecular flexibility index (Phi) is 8.98. The van der Waals surface area contributed by atoms with Crippen molar-refractivity contribution in [2.45, 2.75) is 59.0 Å². The molecule has 0 heterocycles. The molecule has 0 fully saturated rings. The third-order valence-electron chi connectivity index (χ3n) is 3.86. The Hall–Kier alpha value is -1.22. The van der Waals surface area contributed by atoms with Gasteiger partial charge in [0.25, 0.3) is 5.91 Å². The molecule has 2 atom stereocenters. The number of unbranched alkanes of at least 4 members (excludes halogenated alkanes) is 1. The summed E-state index contributed by atoms with van der Waals surface area (Å²) >= 11 is 5.85. The molecular formula is C18H28ClNO2. The monoisotopic (exact) mass is 325 g/mol. The van der Waals surface area contributed by atoms with Gasteiger partial charge in [-0.3, -0.25) is 4.79 Å². The zero-order valence-electron chi connectivity index (χ0n) is 13.9. The first-order chi connectivity index (χ1) is 10.6. The number of hydrogen-bond acceptors (Lipinski definition) is 2. The number of carbonyl (C=O) groups excluding carboxylic acids is 1. The van der Waals surface area contributed by atoms with Gasteiger partial charge in [0, 0.05) is 11.6 Å². The average Bonchev–Trinajstić information content (AvgIpc) is 2.54. The molecule has 1 aromatic rings. The van der Waals surface area contributed by atoms with Gasteiger partial charge in [-0.2, -0.15) is 0 Å². The van der Waals surface area contributed by atoms with Crippen molar-refractivity contribution in [1.29, 1.82) is 0 Å². The van der Waals surface area contributed by atoms with E-state index in [0.29, 0.717) is 23.1 Å². The molecular weight excluding hydrogens is 298 g/mol. The van der Waals surface area contributed by atoms with E-state index in [1.807, 2.05) is 6.92 Å². The Bertz CT molecular complexity index is 433. The highest BCUT2D eigenvalue weighted by Crippen LogP contribution is 2.18. The topological polar surface area (TPSA) is 38.3 Å². The van der Waals surface area contributed by atoms with Crippen LogP contribution < -0.4 is 10.1 Å². The molecule has 0 saturated heterocycles. The van der Waals surface area contributed by atoms with Crippen LogP contribution in [0.4, 0.5) is 0 Å². The molecule has 1 rings (SSSR count). The average molecular weight is 326 g/mol. The summed E-state index contributed by atoms with van der Waals surface area (Å²) in [7, 11) is 0. The van der Waals surface area contributed by atoms with Gasteiger partial charge in [0.15, 0.2) is 6.10 Å². The molecule has 1 amide bonds. The first kappa shape index (κ1) is 18.8. The van der Waals surface area contributed by atoms with Gasteiger partial charge in [0.1, 0.15) is 5.75 Å². The SMILES string of the molecule is CCCC[C@@H](CC)CNC(=O)[C@@H](CC)Oc1ccc(Cl)cc1. The van der Waals surface area contributed by atoms with E-state index in [-0.39, 0.29) is 5.91 Å². The number of rotatable bonds is 10. The van der Waals surface area contributed by atoms with Crippen molar-refractivity contribution >= 4 is 17.5 Å². The van der Waals surface area contributed by atoms with Crippen LogP contribution in [0.1, 0.15) is 52.9 Å². The molecule has 1 N–H and O–H groups in total. The van der Waals surface area contributed by atoms with E-state index >= 15 is 0 Å². The van der Waals surface area contributed by atoms with Crippen molar-refractivity contribution in [3.63, 3.8) is 0 Å². The van der Waals surface area contributed by atoms with Crippen LogP contribution in [0.3, 0.4) is 0 Å². The Morgan fingerprint density at radius 3 is 2.41 bits per heavy atom. The Balaban J connectivity index is 2.48. The van der Waals surface area contributed by atoms with E-state index in [4.69, 9.17) is 16.3 Å². The lowest BCUT2D eigenvalue weighted by Gasteiger charge is -2.20. The Morgan fingerprint density at radius 1 is 1.18 bits per heavy atom. The summed E-state index contributed by atoms with van der Waals surface area (Å²) in [6.45, 7) is 7.05. The van der Waals surface area contributed by atoms with Gasteiger partial charge in [-0.25, -0.2) is 0 Å². The molecule has 1 aromatic carbocycles. The summed E-state index contributed by atoms with van der Waals surface area (Å²) in [6.07, 6.45) is 4.86. The predicted molar refractivity (Wildman–Crippen MR) is 92.5 cm³/mol. The zero-order valence-corrected chi connectivity index (χ0v) is 14.7. The summed E-state index contributed by atoms with van der Waals surface area (Å²) < 4.78 is 5.76. The van der Waals surface area contributed by atoms with Gasteiger partial charge in [0.2, 0.25) is 0 Å². The molecule has 0 aliphatic heterocycles. The summed E-state index contributed by atoms with van der Waals surface area (Å²) in [5.74, 6) is 1.19. The second kappa shape index (κ2) is 10.5. The van der Waals surface area contributed by atoms with Crippen molar-refractivity contribution in [3.8, 4) is 5.75 Å². The lowest BCUT2D eigenvalue weighted by molar-refractivity contribution is -0.128. The van der Waals surface area contributed by atoms with Gasteiger partial charge in [-0.05, 0) is 43.0 Å². The van der Waals surface area contributed by atoms with E-state index in [1.165, 1.54) is 19.3 Å². The highest BCUT2D eigenvalue weighted by molar-refractivity contribution is 6.30. The number of amides is 1. The van der Waals surface area contributed by atoms with Crippen LogP contribution in [0, 0.1) is 5.92 Å². The maximum Gasteiger partial charge on any atom is 0.261 e. The standard InChI is InChI=1S/C18H28ClNO2/c1-4-7-8-14(5-2)13-20-18(21)17(6-3)22-16-11-9-15(19)10-12-16/h9-12,14,17H,4-8,13H2,1-3H3,(H,20,21)/t14-,17-/m1/s1. The summed E-state index contributed by atoms with van der Waals surface area (Å²) in [4.78, 5) is 12.3. The van der Waals surface area contributed by atoms with Crippen molar-refractivity contribution < 1.29 is 9.53 Å². The lowest BCUT2D eigenvalue weighted by atomic mass is 9.99. The van der Waals surface area contributed by atoms with Gasteiger partial charge < -0.3 is 10.1 Å². The molecule has 0 spiro atoms. The van der Waals surface area contributed by atoms with Crippen molar-refractivity contribution in [2.24, 2.45) is 5.92 Å². The third kappa shape index (κ3) is 6.69.